The highest BCUT2D eigenvalue weighted by Gasteiger charge is 2.22. The number of hydrogen-bond acceptors (Lipinski definition) is 3. The van der Waals surface area contributed by atoms with Crippen molar-refractivity contribution in [2.75, 3.05) is 5.73 Å². The van der Waals surface area contributed by atoms with E-state index in [0.29, 0.717) is 0 Å². The topological polar surface area (TPSA) is 60.2 Å². The summed E-state index contributed by atoms with van der Waals surface area (Å²) in [5.41, 5.74) is 5.22. The highest BCUT2D eigenvalue weighted by atomic mass is 35.5. The fraction of sp³-hybridized carbons (Fsp3) is 0. The number of nitrogens with two attached hydrogens (primary N) is 1. The van der Waals surface area contributed by atoms with Crippen LogP contribution in [0.1, 0.15) is 0 Å². The third-order valence-corrected chi connectivity index (χ3v) is 3.18. The van der Waals surface area contributed by atoms with Crippen LogP contribution in [0.3, 0.4) is 0 Å². The molecule has 3 nitrogen and oxygen atoms in total. The quantitative estimate of drug-likeness (QED) is 0.608. The molecule has 0 fully saturated rings. The van der Waals surface area contributed by atoms with Crippen molar-refractivity contribution in [2.45, 2.75) is 4.90 Å². The molecule has 0 heterocycles. The molecule has 7 heteroatoms. The predicted molar refractivity (Wildman–Crippen MR) is 49.2 cm³/mol. The molecule has 0 aromatic heterocycles. The molecule has 0 amide bonds. The van der Waals surface area contributed by atoms with Gasteiger partial charge in [-0.25, -0.2) is 0 Å². The van der Waals surface area contributed by atoms with Gasteiger partial charge in [0.25, 0.3) is 0 Å². The molecule has 0 aliphatic heterocycles. The molecule has 0 saturated heterocycles. The lowest BCUT2D eigenvalue weighted by Crippen LogP contribution is -1.97. The van der Waals surface area contributed by atoms with E-state index < -0.39 is 20.1 Å². The standard InChI is InChI=1S/C6H4Cl2FNO2S/c7-3-1-2-4(10)5(8)6(3)13(9,11)12/h1-2H,10H2. The minimum atomic E-state index is -4.93. The number of benzene rings is 1. The molecule has 2 N–H and O–H groups in total. The first-order valence-electron chi connectivity index (χ1n) is 3.02. The van der Waals surface area contributed by atoms with E-state index in [9.17, 15) is 12.3 Å². The summed E-state index contributed by atoms with van der Waals surface area (Å²) >= 11 is 10.9. The summed E-state index contributed by atoms with van der Waals surface area (Å²) in [5.74, 6) is 0. The van der Waals surface area contributed by atoms with E-state index in [-0.39, 0.29) is 10.7 Å². The van der Waals surface area contributed by atoms with Crippen LogP contribution in [0.4, 0.5) is 9.57 Å². The zero-order valence-corrected chi connectivity index (χ0v) is 8.42. The van der Waals surface area contributed by atoms with Gasteiger partial charge in [0.05, 0.1) is 15.7 Å². The predicted octanol–water partition coefficient (Wildman–Crippen LogP) is 2.23. The van der Waals surface area contributed by atoms with E-state index in [0.717, 1.165) is 6.07 Å². The highest BCUT2D eigenvalue weighted by molar-refractivity contribution is 7.86. The second-order valence-electron chi connectivity index (χ2n) is 2.22. The van der Waals surface area contributed by atoms with Gasteiger partial charge < -0.3 is 5.73 Å². The lowest BCUT2D eigenvalue weighted by Gasteiger charge is -2.03. The monoisotopic (exact) mass is 243 g/mol. The van der Waals surface area contributed by atoms with Gasteiger partial charge in [0.1, 0.15) is 4.90 Å². The Morgan fingerprint density at radius 1 is 1.31 bits per heavy atom. The Hall–Kier alpha value is -0.520. The molecule has 1 aromatic carbocycles. The average molecular weight is 244 g/mol. The van der Waals surface area contributed by atoms with Crippen LogP contribution in [0.15, 0.2) is 17.0 Å². The van der Waals surface area contributed by atoms with Crippen molar-refractivity contribution < 1.29 is 12.3 Å². The summed E-state index contributed by atoms with van der Waals surface area (Å²) in [6.07, 6.45) is 0. The van der Waals surface area contributed by atoms with Crippen molar-refractivity contribution in [2.24, 2.45) is 0 Å². The zero-order valence-electron chi connectivity index (χ0n) is 6.09. The van der Waals surface area contributed by atoms with Gasteiger partial charge in [-0.05, 0) is 12.1 Å². The van der Waals surface area contributed by atoms with Crippen molar-refractivity contribution in [1.82, 2.24) is 0 Å². The smallest absolute Gasteiger partial charge is 0.335 e. The van der Waals surface area contributed by atoms with Crippen molar-refractivity contribution in [1.29, 1.82) is 0 Å². The Morgan fingerprint density at radius 2 is 1.85 bits per heavy atom. The van der Waals surface area contributed by atoms with Crippen LogP contribution >= 0.6 is 23.2 Å². The molecule has 0 atom stereocenters. The van der Waals surface area contributed by atoms with Gasteiger partial charge in [0.15, 0.2) is 0 Å². The summed E-state index contributed by atoms with van der Waals surface area (Å²) in [4.78, 5) is -0.782. The van der Waals surface area contributed by atoms with Crippen LogP contribution < -0.4 is 5.73 Å². The Kier molecular flexibility index (Phi) is 2.70. The molecule has 0 aliphatic rings. The van der Waals surface area contributed by atoms with Gasteiger partial charge in [-0.1, -0.05) is 23.2 Å². The SMILES string of the molecule is Nc1ccc(Cl)c(S(=O)(=O)F)c1Cl. The van der Waals surface area contributed by atoms with Crippen molar-refractivity contribution in [3.63, 3.8) is 0 Å². The number of hydrogen-bond donors (Lipinski definition) is 1. The van der Waals surface area contributed by atoms with Crippen molar-refractivity contribution in [3.8, 4) is 0 Å². The Labute approximate surface area is 84.5 Å². The van der Waals surface area contributed by atoms with E-state index in [4.69, 9.17) is 28.9 Å². The van der Waals surface area contributed by atoms with Gasteiger partial charge in [-0.2, -0.15) is 8.42 Å². The molecular weight excluding hydrogens is 240 g/mol. The van der Waals surface area contributed by atoms with Crippen LogP contribution in [0.5, 0.6) is 0 Å². The Bertz CT molecular complexity index is 446. The maximum Gasteiger partial charge on any atom is 0.335 e. The first-order chi connectivity index (χ1) is 5.84. The minimum absolute atomic E-state index is 0.0395. The first-order valence-corrected chi connectivity index (χ1v) is 5.16. The van der Waals surface area contributed by atoms with Gasteiger partial charge in [0, 0.05) is 0 Å². The van der Waals surface area contributed by atoms with E-state index in [1.807, 2.05) is 0 Å². The van der Waals surface area contributed by atoms with Crippen molar-refractivity contribution >= 4 is 39.1 Å². The highest BCUT2D eigenvalue weighted by Crippen LogP contribution is 2.34. The molecule has 0 unspecified atom stereocenters. The summed E-state index contributed by atoms with van der Waals surface area (Å²) in [6, 6.07) is 2.45. The molecule has 72 valence electrons. The number of nitrogen functional groups attached to an aromatic ring is 1. The summed E-state index contributed by atoms with van der Waals surface area (Å²) in [5, 5.41) is -0.684. The molecule has 0 aliphatic carbocycles. The van der Waals surface area contributed by atoms with Crippen LogP contribution in [-0.2, 0) is 10.2 Å². The third kappa shape index (κ3) is 2.04. The first kappa shape index (κ1) is 10.6. The second-order valence-corrected chi connectivity index (χ2v) is 4.29. The van der Waals surface area contributed by atoms with Crippen molar-refractivity contribution in [3.05, 3.63) is 22.2 Å². The summed E-state index contributed by atoms with van der Waals surface area (Å²) < 4.78 is 33.6. The summed E-state index contributed by atoms with van der Waals surface area (Å²) in [7, 11) is -4.93. The Morgan fingerprint density at radius 3 is 2.23 bits per heavy atom. The van der Waals surface area contributed by atoms with E-state index >= 15 is 0 Å². The number of rotatable bonds is 1. The number of anilines is 1. The molecule has 0 saturated carbocycles. The largest absolute Gasteiger partial charge is 0.397 e. The van der Waals surface area contributed by atoms with Crippen LogP contribution in [0, 0.1) is 0 Å². The average Bonchev–Trinajstić information content (AvgIpc) is 1.95. The second kappa shape index (κ2) is 3.32. The molecule has 0 radical (unpaired) electrons. The van der Waals surface area contributed by atoms with Gasteiger partial charge >= 0.3 is 10.2 Å². The normalized spacial score (nSPS) is 11.6. The minimum Gasteiger partial charge on any atom is -0.397 e. The Balaban J connectivity index is 3.62. The lowest BCUT2D eigenvalue weighted by molar-refractivity contribution is 0.552. The van der Waals surface area contributed by atoms with E-state index in [1.54, 1.807) is 0 Å². The fourth-order valence-corrected chi connectivity index (χ4v) is 2.33. The van der Waals surface area contributed by atoms with Gasteiger partial charge in [-0.15, -0.1) is 3.89 Å². The van der Waals surface area contributed by atoms with Crippen LogP contribution in [-0.4, -0.2) is 8.42 Å². The maximum absolute atomic E-state index is 12.6. The molecule has 1 aromatic rings. The van der Waals surface area contributed by atoms with Crippen LogP contribution in [0.2, 0.25) is 10.0 Å². The van der Waals surface area contributed by atoms with Gasteiger partial charge in [-0.3, -0.25) is 0 Å². The fourth-order valence-electron chi connectivity index (χ4n) is 0.771. The number of halogens is 3. The summed E-state index contributed by atoms with van der Waals surface area (Å²) in [6.45, 7) is 0. The van der Waals surface area contributed by atoms with E-state index in [2.05, 4.69) is 0 Å². The molecular formula is C6H4Cl2FNO2S. The zero-order chi connectivity index (χ0) is 10.2. The molecule has 0 spiro atoms. The maximum atomic E-state index is 12.6. The molecule has 13 heavy (non-hydrogen) atoms. The lowest BCUT2D eigenvalue weighted by atomic mass is 10.3. The van der Waals surface area contributed by atoms with Crippen LogP contribution in [0.25, 0.3) is 0 Å². The van der Waals surface area contributed by atoms with Gasteiger partial charge in [0.2, 0.25) is 0 Å². The van der Waals surface area contributed by atoms with E-state index in [1.165, 1.54) is 6.07 Å². The molecule has 0 bridgehead atoms. The third-order valence-electron chi connectivity index (χ3n) is 1.32. The molecule has 1 rings (SSSR count).